The standard InChI is InChI=1S/2C6H5FO3S/c2*7-5-2-1-3-6(4-5)11(8,9)10/h2*1-4H,(H,8,9,10). The highest BCUT2D eigenvalue weighted by Crippen LogP contribution is 2.09. The van der Waals surface area contributed by atoms with Crippen LogP contribution in [0, 0.1) is 11.6 Å². The Hall–Kier alpha value is -1.88. The zero-order valence-corrected chi connectivity index (χ0v) is 12.4. The first kappa shape index (κ1) is 18.2. The number of rotatable bonds is 2. The summed E-state index contributed by atoms with van der Waals surface area (Å²) < 4.78 is 83.0. The molecule has 2 aromatic carbocycles. The Morgan fingerprint density at radius 2 is 1.00 bits per heavy atom. The molecule has 10 heteroatoms. The van der Waals surface area contributed by atoms with Crippen molar-refractivity contribution in [3.63, 3.8) is 0 Å². The van der Waals surface area contributed by atoms with Gasteiger partial charge in [-0.15, -0.1) is 0 Å². The SMILES string of the molecule is O=S(=O)(O)c1cccc(F)c1.O=S(=O)(O)c1cccc(F)c1. The zero-order valence-electron chi connectivity index (χ0n) is 10.7. The quantitative estimate of drug-likeness (QED) is 0.802. The van der Waals surface area contributed by atoms with Crippen molar-refractivity contribution >= 4 is 20.2 Å². The van der Waals surface area contributed by atoms with Crippen molar-refractivity contribution in [2.24, 2.45) is 0 Å². The summed E-state index contributed by atoms with van der Waals surface area (Å²) >= 11 is 0. The van der Waals surface area contributed by atoms with Crippen molar-refractivity contribution in [2.45, 2.75) is 9.79 Å². The summed E-state index contributed by atoms with van der Waals surface area (Å²) in [6.45, 7) is 0. The molecule has 0 heterocycles. The van der Waals surface area contributed by atoms with Crippen molar-refractivity contribution in [2.75, 3.05) is 0 Å². The molecule has 2 N–H and O–H groups in total. The van der Waals surface area contributed by atoms with Crippen molar-refractivity contribution < 1.29 is 34.7 Å². The largest absolute Gasteiger partial charge is 0.294 e. The third kappa shape index (κ3) is 5.85. The second-order valence-corrected chi connectivity index (χ2v) is 6.71. The van der Waals surface area contributed by atoms with Crippen LogP contribution in [0.2, 0.25) is 0 Å². The van der Waals surface area contributed by atoms with E-state index in [9.17, 15) is 25.6 Å². The Bertz CT molecular complexity index is 789. The lowest BCUT2D eigenvalue weighted by Gasteiger charge is -1.94. The maximum Gasteiger partial charge on any atom is 0.294 e. The van der Waals surface area contributed by atoms with Gasteiger partial charge in [0, 0.05) is 0 Å². The molecule has 0 saturated carbocycles. The summed E-state index contributed by atoms with van der Waals surface area (Å²) in [7, 11) is -8.53. The van der Waals surface area contributed by atoms with Gasteiger partial charge in [0.25, 0.3) is 20.2 Å². The molecular weight excluding hydrogens is 342 g/mol. The minimum Gasteiger partial charge on any atom is -0.282 e. The van der Waals surface area contributed by atoms with E-state index in [4.69, 9.17) is 9.11 Å². The summed E-state index contributed by atoms with van der Waals surface area (Å²) in [6, 6.07) is 8.31. The molecule has 0 spiro atoms. The lowest BCUT2D eigenvalue weighted by atomic mass is 10.4. The number of halogens is 2. The fraction of sp³-hybridized carbons (Fsp3) is 0. The third-order valence-electron chi connectivity index (χ3n) is 2.19. The lowest BCUT2D eigenvalue weighted by molar-refractivity contribution is 0.480. The number of benzene rings is 2. The molecule has 2 aromatic rings. The van der Waals surface area contributed by atoms with E-state index in [2.05, 4.69) is 0 Å². The molecule has 0 aliphatic carbocycles. The molecule has 0 unspecified atom stereocenters. The van der Waals surface area contributed by atoms with Gasteiger partial charge in [0.2, 0.25) is 0 Å². The van der Waals surface area contributed by atoms with Crippen molar-refractivity contribution in [3.8, 4) is 0 Å². The molecule has 0 aliphatic rings. The second-order valence-electron chi connectivity index (χ2n) is 3.86. The molecule has 0 bridgehead atoms. The Morgan fingerprint density at radius 1 is 0.682 bits per heavy atom. The van der Waals surface area contributed by atoms with Crippen LogP contribution in [0.15, 0.2) is 58.3 Å². The van der Waals surface area contributed by atoms with Crippen LogP contribution < -0.4 is 0 Å². The third-order valence-corrected chi connectivity index (χ3v) is 3.89. The van der Waals surface area contributed by atoms with E-state index in [1.54, 1.807) is 0 Å². The summed E-state index contributed by atoms with van der Waals surface area (Å²) in [6.07, 6.45) is 0. The zero-order chi connectivity index (χ0) is 17.0. The van der Waals surface area contributed by atoms with Gasteiger partial charge in [-0.3, -0.25) is 9.11 Å². The Morgan fingerprint density at radius 3 is 1.18 bits per heavy atom. The highest BCUT2D eigenvalue weighted by molar-refractivity contribution is 7.86. The normalized spacial score (nSPS) is 11.5. The van der Waals surface area contributed by atoms with E-state index in [0.29, 0.717) is 0 Å². The second kappa shape index (κ2) is 6.92. The van der Waals surface area contributed by atoms with Gasteiger partial charge in [-0.2, -0.15) is 16.8 Å². The highest BCUT2D eigenvalue weighted by Gasteiger charge is 2.09. The van der Waals surface area contributed by atoms with Crippen LogP contribution >= 0.6 is 0 Å². The monoisotopic (exact) mass is 352 g/mol. The fourth-order valence-electron chi connectivity index (χ4n) is 1.25. The molecule has 0 aliphatic heterocycles. The van der Waals surface area contributed by atoms with E-state index in [-0.39, 0.29) is 0 Å². The van der Waals surface area contributed by atoms with Gasteiger partial charge in [0.15, 0.2) is 0 Å². The predicted octanol–water partition coefficient (Wildman–Crippen LogP) is 2.14. The first-order chi connectivity index (χ1) is 10.00. The van der Waals surface area contributed by atoms with Gasteiger partial charge < -0.3 is 0 Å². The maximum atomic E-state index is 12.3. The van der Waals surface area contributed by atoms with Gasteiger partial charge in [-0.1, -0.05) is 12.1 Å². The van der Waals surface area contributed by atoms with Gasteiger partial charge in [0.1, 0.15) is 11.6 Å². The molecule has 120 valence electrons. The van der Waals surface area contributed by atoms with Gasteiger partial charge in [-0.25, -0.2) is 8.78 Å². The van der Waals surface area contributed by atoms with Crippen molar-refractivity contribution in [3.05, 3.63) is 60.2 Å². The smallest absolute Gasteiger partial charge is 0.282 e. The topological polar surface area (TPSA) is 109 Å². The predicted molar refractivity (Wildman–Crippen MR) is 72.4 cm³/mol. The van der Waals surface area contributed by atoms with Gasteiger partial charge in [-0.05, 0) is 36.4 Å². The summed E-state index contributed by atoms with van der Waals surface area (Å²) in [5.41, 5.74) is 0. The fourth-order valence-corrected chi connectivity index (χ4v) is 2.28. The van der Waals surface area contributed by atoms with Gasteiger partial charge in [0.05, 0.1) is 9.79 Å². The lowest BCUT2D eigenvalue weighted by Crippen LogP contribution is -1.97. The van der Waals surface area contributed by atoms with E-state index in [1.807, 2.05) is 0 Å². The van der Waals surface area contributed by atoms with E-state index in [1.165, 1.54) is 12.1 Å². The molecule has 0 aromatic heterocycles. The van der Waals surface area contributed by atoms with Crippen LogP contribution in [0.3, 0.4) is 0 Å². The molecule has 2 rings (SSSR count). The highest BCUT2D eigenvalue weighted by atomic mass is 32.2. The first-order valence-electron chi connectivity index (χ1n) is 5.46. The summed E-state index contributed by atoms with van der Waals surface area (Å²) in [5.74, 6) is -1.39. The molecule has 6 nitrogen and oxygen atoms in total. The van der Waals surface area contributed by atoms with Crippen LogP contribution in [0.25, 0.3) is 0 Å². The van der Waals surface area contributed by atoms with Crippen LogP contribution in [0.4, 0.5) is 8.78 Å². The van der Waals surface area contributed by atoms with Crippen LogP contribution in [0.5, 0.6) is 0 Å². The van der Waals surface area contributed by atoms with E-state index in [0.717, 1.165) is 36.4 Å². The van der Waals surface area contributed by atoms with Crippen molar-refractivity contribution in [1.82, 2.24) is 0 Å². The first-order valence-corrected chi connectivity index (χ1v) is 8.34. The van der Waals surface area contributed by atoms with E-state index >= 15 is 0 Å². The van der Waals surface area contributed by atoms with Crippen LogP contribution in [-0.4, -0.2) is 25.9 Å². The van der Waals surface area contributed by atoms with Crippen LogP contribution in [0.1, 0.15) is 0 Å². The molecule has 0 saturated heterocycles. The van der Waals surface area contributed by atoms with Gasteiger partial charge >= 0.3 is 0 Å². The minimum atomic E-state index is -4.27. The molecule has 0 atom stereocenters. The summed E-state index contributed by atoms with van der Waals surface area (Å²) in [4.78, 5) is -0.866. The Labute approximate surface area is 125 Å². The van der Waals surface area contributed by atoms with Crippen molar-refractivity contribution in [1.29, 1.82) is 0 Å². The molecule has 0 fully saturated rings. The maximum absolute atomic E-state index is 12.3. The molecule has 0 amide bonds. The molecule has 0 radical (unpaired) electrons. The molecular formula is C12H10F2O6S2. The average Bonchev–Trinajstić information content (AvgIpc) is 2.37. The molecule has 22 heavy (non-hydrogen) atoms. The average molecular weight is 352 g/mol. The minimum absolute atomic E-state index is 0.433. The Balaban J connectivity index is 0.000000220. The van der Waals surface area contributed by atoms with Crippen LogP contribution in [-0.2, 0) is 20.2 Å². The number of hydrogen-bond donors (Lipinski definition) is 2. The van der Waals surface area contributed by atoms with E-state index < -0.39 is 41.7 Å². The summed E-state index contributed by atoms with van der Waals surface area (Å²) in [5, 5.41) is 0. The number of hydrogen-bond acceptors (Lipinski definition) is 4. The Kier molecular flexibility index (Phi) is 5.72.